The highest BCUT2D eigenvalue weighted by atomic mass is 16.5. The van der Waals surface area contributed by atoms with Crippen molar-refractivity contribution in [2.75, 3.05) is 26.1 Å². The Hall–Kier alpha value is -4.08. The summed E-state index contributed by atoms with van der Waals surface area (Å²) >= 11 is 0. The fourth-order valence-corrected chi connectivity index (χ4v) is 2.76. The van der Waals surface area contributed by atoms with E-state index < -0.39 is 36.1 Å². The number of carbonyl (C=O) groups is 2. The van der Waals surface area contributed by atoms with Crippen LogP contribution in [0.2, 0.25) is 0 Å². The maximum atomic E-state index is 12.4. The van der Waals surface area contributed by atoms with Crippen molar-refractivity contribution >= 4 is 28.3 Å². The van der Waals surface area contributed by atoms with Gasteiger partial charge in [0.2, 0.25) is 0 Å². The fourth-order valence-electron chi connectivity index (χ4n) is 2.76. The second kappa shape index (κ2) is 8.95. The van der Waals surface area contributed by atoms with Gasteiger partial charge in [0, 0.05) is 23.9 Å². The molecule has 1 aromatic heterocycles. The molecule has 30 heavy (non-hydrogen) atoms. The van der Waals surface area contributed by atoms with Crippen LogP contribution in [-0.4, -0.2) is 42.5 Å². The van der Waals surface area contributed by atoms with Gasteiger partial charge in [-0.3, -0.25) is 24.3 Å². The van der Waals surface area contributed by atoms with Gasteiger partial charge in [-0.2, -0.15) is 0 Å². The number of aromatic amines is 1. The third kappa shape index (κ3) is 4.66. The van der Waals surface area contributed by atoms with Crippen molar-refractivity contribution in [2.45, 2.75) is 6.54 Å². The monoisotopic (exact) mass is 413 g/mol. The molecular weight excluding hydrogens is 394 g/mol. The number of aromatic nitrogens is 2. The number of rotatable bonds is 7. The van der Waals surface area contributed by atoms with E-state index in [9.17, 15) is 19.2 Å². The quantitative estimate of drug-likeness (QED) is 0.550. The number of esters is 1. The van der Waals surface area contributed by atoms with E-state index in [1.54, 1.807) is 30.3 Å². The zero-order chi connectivity index (χ0) is 21.7. The Labute approximate surface area is 170 Å². The minimum atomic E-state index is -0.860. The van der Waals surface area contributed by atoms with Gasteiger partial charge in [-0.05, 0) is 12.1 Å². The lowest BCUT2D eigenvalue weighted by Crippen LogP contribution is -2.33. The number of carbonyl (C=O) groups excluding carboxylic acids is 2. The van der Waals surface area contributed by atoms with Crippen LogP contribution in [0, 0.1) is 0 Å². The third-order valence-corrected chi connectivity index (χ3v) is 4.17. The maximum absolute atomic E-state index is 12.4. The molecule has 3 rings (SSSR count). The zero-order valence-electron chi connectivity index (χ0n) is 16.3. The van der Waals surface area contributed by atoms with E-state index in [2.05, 4.69) is 10.4 Å². The second-order valence-electron chi connectivity index (χ2n) is 6.19. The summed E-state index contributed by atoms with van der Waals surface area (Å²) < 4.78 is 16.0. The lowest BCUT2D eigenvalue weighted by Gasteiger charge is -2.10. The molecule has 0 aliphatic heterocycles. The number of anilines is 1. The molecule has 0 saturated heterocycles. The standard InChI is InChI=1S/C20H19N3O7/c1-28-13-7-12(8-14(9-13)29-2)21-17(24)11-30-18(25)10-23-20(27)16-6-4-3-5-15(16)19(26)22-23/h3-9H,10-11H2,1-2H3,(H,21,24)(H,22,26). The highest BCUT2D eigenvalue weighted by molar-refractivity contribution is 5.93. The van der Waals surface area contributed by atoms with E-state index in [1.165, 1.54) is 26.4 Å². The van der Waals surface area contributed by atoms with E-state index in [0.717, 1.165) is 4.68 Å². The summed E-state index contributed by atoms with van der Waals surface area (Å²) in [6, 6.07) is 11.0. The summed E-state index contributed by atoms with van der Waals surface area (Å²) in [5.41, 5.74) is -0.667. The van der Waals surface area contributed by atoms with E-state index in [1.807, 2.05) is 0 Å². The molecule has 0 aliphatic rings. The van der Waals surface area contributed by atoms with Crippen LogP contribution in [0.25, 0.3) is 10.8 Å². The van der Waals surface area contributed by atoms with Gasteiger partial charge in [-0.25, -0.2) is 4.68 Å². The Balaban J connectivity index is 1.63. The van der Waals surface area contributed by atoms with Gasteiger partial charge in [-0.1, -0.05) is 12.1 Å². The molecule has 0 bridgehead atoms. The van der Waals surface area contributed by atoms with Crippen molar-refractivity contribution in [3.63, 3.8) is 0 Å². The summed E-state index contributed by atoms with van der Waals surface area (Å²) in [5, 5.41) is 5.28. The normalized spacial score (nSPS) is 10.5. The van der Waals surface area contributed by atoms with Gasteiger partial charge in [0.25, 0.3) is 17.0 Å². The molecule has 0 spiro atoms. The van der Waals surface area contributed by atoms with Gasteiger partial charge in [-0.15, -0.1) is 0 Å². The van der Waals surface area contributed by atoms with Crippen LogP contribution < -0.4 is 25.9 Å². The van der Waals surface area contributed by atoms with Crippen molar-refractivity contribution in [3.05, 3.63) is 63.2 Å². The molecule has 156 valence electrons. The maximum Gasteiger partial charge on any atom is 0.328 e. The first-order chi connectivity index (χ1) is 14.4. The molecule has 1 amide bonds. The average Bonchev–Trinajstić information content (AvgIpc) is 2.75. The Bertz CT molecular complexity index is 1190. The lowest BCUT2D eigenvalue weighted by atomic mass is 10.2. The number of H-pyrrole nitrogens is 1. The first-order valence-corrected chi connectivity index (χ1v) is 8.81. The van der Waals surface area contributed by atoms with Crippen LogP contribution >= 0.6 is 0 Å². The van der Waals surface area contributed by atoms with Crippen molar-refractivity contribution < 1.29 is 23.8 Å². The van der Waals surface area contributed by atoms with Gasteiger partial charge in [0.1, 0.15) is 18.0 Å². The fraction of sp³-hybridized carbons (Fsp3) is 0.200. The molecule has 0 atom stereocenters. The molecule has 2 N–H and O–H groups in total. The predicted molar refractivity (Wildman–Crippen MR) is 108 cm³/mol. The van der Waals surface area contributed by atoms with Gasteiger partial charge in [0.15, 0.2) is 6.61 Å². The molecule has 10 nitrogen and oxygen atoms in total. The van der Waals surface area contributed by atoms with Gasteiger partial charge < -0.3 is 19.5 Å². The molecule has 0 saturated carbocycles. The van der Waals surface area contributed by atoms with Crippen molar-refractivity contribution in [1.29, 1.82) is 0 Å². The van der Waals surface area contributed by atoms with Gasteiger partial charge >= 0.3 is 5.97 Å². The highest BCUT2D eigenvalue weighted by Gasteiger charge is 2.13. The largest absolute Gasteiger partial charge is 0.497 e. The topological polar surface area (TPSA) is 129 Å². The SMILES string of the molecule is COc1cc(NC(=O)COC(=O)Cn2[nH]c(=O)c3ccccc3c2=O)cc(OC)c1. The molecule has 10 heteroatoms. The Morgan fingerprint density at radius 1 is 1.00 bits per heavy atom. The number of benzene rings is 2. The van der Waals surface area contributed by atoms with Crippen LogP contribution in [0.15, 0.2) is 52.1 Å². The number of nitrogens with zero attached hydrogens (tertiary/aromatic N) is 1. The van der Waals surface area contributed by atoms with E-state index in [0.29, 0.717) is 17.2 Å². The second-order valence-corrected chi connectivity index (χ2v) is 6.19. The van der Waals surface area contributed by atoms with Crippen LogP contribution in [-0.2, 0) is 20.9 Å². The molecule has 2 aromatic carbocycles. The van der Waals surface area contributed by atoms with E-state index in [4.69, 9.17) is 14.2 Å². The van der Waals surface area contributed by atoms with Crippen molar-refractivity contribution in [1.82, 2.24) is 9.78 Å². The van der Waals surface area contributed by atoms with Crippen LogP contribution in [0.4, 0.5) is 5.69 Å². The van der Waals surface area contributed by atoms with Crippen LogP contribution in [0.3, 0.4) is 0 Å². The smallest absolute Gasteiger partial charge is 0.328 e. The zero-order valence-corrected chi connectivity index (χ0v) is 16.3. The average molecular weight is 413 g/mol. The molecule has 3 aromatic rings. The van der Waals surface area contributed by atoms with E-state index in [-0.39, 0.29) is 10.8 Å². The lowest BCUT2D eigenvalue weighted by molar-refractivity contribution is -0.148. The molecule has 0 radical (unpaired) electrons. The third-order valence-electron chi connectivity index (χ3n) is 4.17. The number of methoxy groups -OCH3 is 2. The first kappa shape index (κ1) is 20.6. The Morgan fingerprint density at radius 2 is 1.63 bits per heavy atom. The number of hydrogen-bond donors (Lipinski definition) is 2. The predicted octanol–water partition coefficient (Wildman–Crippen LogP) is 0.889. The molecular formula is C20H19N3O7. The highest BCUT2D eigenvalue weighted by Crippen LogP contribution is 2.25. The summed E-state index contributed by atoms with van der Waals surface area (Å²) in [5.74, 6) is -0.512. The number of nitrogens with one attached hydrogen (secondary N) is 2. The number of ether oxygens (including phenoxy) is 3. The molecule has 0 fully saturated rings. The molecule has 0 aliphatic carbocycles. The Kier molecular flexibility index (Phi) is 6.16. The first-order valence-electron chi connectivity index (χ1n) is 8.81. The van der Waals surface area contributed by atoms with Crippen molar-refractivity contribution in [3.8, 4) is 11.5 Å². The number of fused-ring (bicyclic) bond motifs is 1. The van der Waals surface area contributed by atoms with Crippen LogP contribution in [0.1, 0.15) is 0 Å². The summed E-state index contributed by atoms with van der Waals surface area (Å²) in [6.45, 7) is -1.12. The minimum absolute atomic E-state index is 0.179. The van der Waals surface area contributed by atoms with Crippen molar-refractivity contribution in [2.24, 2.45) is 0 Å². The summed E-state index contributed by atoms with van der Waals surface area (Å²) in [6.07, 6.45) is 0. The molecule has 1 heterocycles. The van der Waals surface area contributed by atoms with Gasteiger partial charge in [0.05, 0.1) is 25.0 Å². The summed E-state index contributed by atoms with van der Waals surface area (Å²) in [7, 11) is 2.95. The minimum Gasteiger partial charge on any atom is -0.497 e. The molecule has 0 unspecified atom stereocenters. The van der Waals surface area contributed by atoms with E-state index >= 15 is 0 Å². The Morgan fingerprint density at radius 3 is 2.27 bits per heavy atom. The summed E-state index contributed by atoms with van der Waals surface area (Å²) in [4.78, 5) is 48.6. The number of amides is 1. The number of hydrogen-bond acceptors (Lipinski definition) is 7. The van der Waals surface area contributed by atoms with Crippen LogP contribution in [0.5, 0.6) is 11.5 Å².